The van der Waals surface area contributed by atoms with E-state index in [1.807, 2.05) is 38.1 Å². The van der Waals surface area contributed by atoms with Gasteiger partial charge in [0.25, 0.3) is 5.91 Å². The number of hydrogen-bond donors (Lipinski definition) is 2. The molecule has 5 heteroatoms. The lowest BCUT2D eigenvalue weighted by molar-refractivity contribution is 0.102. The van der Waals surface area contributed by atoms with E-state index >= 15 is 0 Å². The van der Waals surface area contributed by atoms with E-state index in [2.05, 4.69) is 36.3 Å². The molecule has 0 fully saturated rings. The number of ether oxygens (including phenoxy) is 1. The van der Waals surface area contributed by atoms with E-state index in [4.69, 9.17) is 10.5 Å². The molecule has 0 radical (unpaired) electrons. The lowest BCUT2D eigenvalue weighted by Gasteiger charge is -2.14. The zero-order valence-corrected chi connectivity index (χ0v) is 18.0. The lowest BCUT2D eigenvalue weighted by Crippen LogP contribution is -2.15. The molecule has 0 bridgehead atoms. The number of hydrogen-bond acceptors (Lipinski definition) is 4. The maximum absolute atomic E-state index is 12.5. The van der Waals surface area contributed by atoms with Crippen LogP contribution in [-0.2, 0) is 0 Å². The van der Waals surface area contributed by atoms with Gasteiger partial charge in [0, 0.05) is 11.4 Å². The van der Waals surface area contributed by atoms with Crippen molar-refractivity contribution in [2.24, 2.45) is 0 Å². The molecule has 0 saturated carbocycles. The summed E-state index contributed by atoms with van der Waals surface area (Å²) in [6, 6.07) is 17.3. The molecule has 1 heterocycles. The van der Waals surface area contributed by atoms with Gasteiger partial charge in [0.1, 0.15) is 17.3 Å². The van der Waals surface area contributed by atoms with Gasteiger partial charge in [0.2, 0.25) is 0 Å². The average molecular weight is 404 g/mol. The van der Waals surface area contributed by atoms with Crippen molar-refractivity contribution in [3.8, 4) is 11.5 Å². The number of nitrogens with zero attached hydrogens (tertiary/aromatic N) is 1. The summed E-state index contributed by atoms with van der Waals surface area (Å²) in [6.45, 7) is 8.20. The Labute approximate surface area is 178 Å². The van der Waals surface area contributed by atoms with E-state index in [1.54, 1.807) is 18.2 Å². The van der Waals surface area contributed by atoms with Crippen LogP contribution in [0.15, 0.2) is 54.6 Å². The van der Waals surface area contributed by atoms with Crippen molar-refractivity contribution in [1.82, 2.24) is 4.98 Å². The third-order valence-electron chi connectivity index (χ3n) is 5.43. The Hall–Kier alpha value is -3.34. The van der Waals surface area contributed by atoms with Gasteiger partial charge in [0.15, 0.2) is 0 Å². The highest BCUT2D eigenvalue weighted by Crippen LogP contribution is 2.28. The maximum Gasteiger partial charge on any atom is 0.259 e. The highest BCUT2D eigenvalue weighted by atomic mass is 16.5. The van der Waals surface area contributed by atoms with Gasteiger partial charge in [-0.2, -0.15) is 0 Å². The second-order valence-electron chi connectivity index (χ2n) is 7.49. The summed E-state index contributed by atoms with van der Waals surface area (Å²) >= 11 is 0. The minimum atomic E-state index is -0.284. The minimum absolute atomic E-state index is 0.229. The Morgan fingerprint density at radius 3 is 2.13 bits per heavy atom. The summed E-state index contributed by atoms with van der Waals surface area (Å²) < 4.78 is 5.93. The lowest BCUT2D eigenvalue weighted by atomic mass is 9.94. The smallest absolute Gasteiger partial charge is 0.259 e. The second-order valence-corrected chi connectivity index (χ2v) is 7.49. The predicted molar refractivity (Wildman–Crippen MR) is 122 cm³/mol. The molecule has 3 N–H and O–H groups in total. The molecule has 2 aromatic carbocycles. The molecule has 0 saturated heterocycles. The number of amides is 1. The second kappa shape index (κ2) is 9.44. The van der Waals surface area contributed by atoms with E-state index in [0.717, 1.165) is 29.8 Å². The summed E-state index contributed by atoms with van der Waals surface area (Å²) in [5, 5.41) is 2.86. The number of benzene rings is 2. The number of aromatic nitrogens is 1. The Kier molecular flexibility index (Phi) is 6.72. The van der Waals surface area contributed by atoms with Crippen LogP contribution in [0.1, 0.15) is 59.8 Å². The molecular weight excluding hydrogens is 374 g/mol. The molecule has 5 nitrogen and oxygen atoms in total. The number of carbonyl (C=O) groups is 1. The van der Waals surface area contributed by atoms with Gasteiger partial charge in [-0.15, -0.1) is 0 Å². The first-order valence-electron chi connectivity index (χ1n) is 10.3. The topological polar surface area (TPSA) is 77.2 Å². The molecule has 0 aliphatic heterocycles. The molecule has 0 aliphatic rings. The fraction of sp³-hybridized carbons (Fsp3) is 0.280. The third-order valence-corrected chi connectivity index (χ3v) is 5.43. The van der Waals surface area contributed by atoms with Crippen LogP contribution in [0, 0.1) is 13.8 Å². The number of rotatable bonds is 7. The van der Waals surface area contributed by atoms with Crippen LogP contribution in [-0.4, -0.2) is 10.9 Å². The molecule has 30 heavy (non-hydrogen) atoms. The van der Waals surface area contributed by atoms with E-state index in [9.17, 15) is 4.79 Å². The number of nitrogens with one attached hydrogen (secondary N) is 1. The monoisotopic (exact) mass is 403 g/mol. The van der Waals surface area contributed by atoms with Gasteiger partial charge in [-0.1, -0.05) is 26.0 Å². The first-order valence-corrected chi connectivity index (χ1v) is 10.3. The molecule has 3 aromatic rings. The predicted octanol–water partition coefficient (Wildman–Crippen LogP) is 6.23. The molecule has 0 spiro atoms. The maximum atomic E-state index is 12.5. The summed E-state index contributed by atoms with van der Waals surface area (Å²) in [5.41, 5.74) is 10.0. The largest absolute Gasteiger partial charge is 0.457 e. The van der Waals surface area contributed by atoms with Crippen molar-refractivity contribution in [3.05, 3.63) is 77.0 Å². The Morgan fingerprint density at radius 2 is 1.57 bits per heavy atom. The number of pyridine rings is 1. The molecule has 0 aliphatic carbocycles. The number of carbonyl (C=O) groups excluding carboxylic acids is 1. The summed E-state index contributed by atoms with van der Waals surface area (Å²) in [5.74, 6) is 2.02. The van der Waals surface area contributed by atoms with E-state index in [0.29, 0.717) is 22.9 Å². The van der Waals surface area contributed by atoms with E-state index in [-0.39, 0.29) is 11.7 Å². The summed E-state index contributed by atoms with van der Waals surface area (Å²) in [4.78, 5) is 16.8. The van der Waals surface area contributed by atoms with Gasteiger partial charge < -0.3 is 15.8 Å². The number of nitrogen functional groups attached to an aromatic ring is 1. The molecule has 1 amide bonds. The third kappa shape index (κ3) is 4.98. The molecular formula is C25H29N3O2. The molecule has 1 aromatic heterocycles. The van der Waals surface area contributed by atoms with Crippen LogP contribution in [0.5, 0.6) is 11.5 Å². The van der Waals surface area contributed by atoms with Crippen molar-refractivity contribution in [1.29, 1.82) is 0 Å². The first-order chi connectivity index (χ1) is 14.4. The standard InChI is InChI=1S/C25H29N3O2/c1-5-18(6-2)19-7-11-21(12-8-19)30-22-13-9-20(10-14-22)28-25(29)23-15-16(3)17(4)27-24(23)26/h7-15,18H,5-6H2,1-4H3,(H2,26,27)(H,28,29). The Balaban J connectivity index is 1.65. The normalized spacial score (nSPS) is 10.8. The SMILES string of the molecule is CCC(CC)c1ccc(Oc2ccc(NC(=O)c3cc(C)c(C)nc3N)cc2)cc1. The fourth-order valence-corrected chi connectivity index (χ4v) is 3.41. The van der Waals surface area contributed by atoms with E-state index in [1.165, 1.54) is 5.56 Å². The molecule has 156 valence electrons. The highest BCUT2D eigenvalue weighted by Gasteiger charge is 2.13. The van der Waals surface area contributed by atoms with Crippen molar-refractivity contribution in [3.63, 3.8) is 0 Å². The van der Waals surface area contributed by atoms with Gasteiger partial charge >= 0.3 is 0 Å². The Morgan fingerprint density at radius 1 is 1.00 bits per heavy atom. The van der Waals surface area contributed by atoms with Gasteiger partial charge in [-0.05, 0) is 86.2 Å². The molecule has 0 atom stereocenters. The van der Waals surface area contributed by atoms with Gasteiger partial charge in [0.05, 0.1) is 5.56 Å². The number of anilines is 2. The van der Waals surface area contributed by atoms with Crippen LogP contribution in [0.2, 0.25) is 0 Å². The summed E-state index contributed by atoms with van der Waals surface area (Å²) in [7, 11) is 0. The molecule has 3 rings (SSSR count). The molecule has 0 unspecified atom stereocenters. The summed E-state index contributed by atoms with van der Waals surface area (Å²) in [6.07, 6.45) is 2.27. The van der Waals surface area contributed by atoms with Crippen molar-refractivity contribution < 1.29 is 9.53 Å². The first kappa shape index (κ1) is 21.4. The van der Waals surface area contributed by atoms with Crippen molar-refractivity contribution in [2.45, 2.75) is 46.5 Å². The van der Waals surface area contributed by atoms with Crippen LogP contribution >= 0.6 is 0 Å². The quantitative estimate of drug-likeness (QED) is 0.490. The van der Waals surface area contributed by atoms with Gasteiger partial charge in [-0.3, -0.25) is 4.79 Å². The van der Waals surface area contributed by atoms with Crippen LogP contribution in [0.4, 0.5) is 11.5 Å². The van der Waals surface area contributed by atoms with Crippen molar-refractivity contribution in [2.75, 3.05) is 11.1 Å². The fourth-order valence-electron chi connectivity index (χ4n) is 3.41. The number of nitrogens with two attached hydrogens (primary N) is 1. The minimum Gasteiger partial charge on any atom is -0.457 e. The highest BCUT2D eigenvalue weighted by molar-refractivity contribution is 6.07. The zero-order chi connectivity index (χ0) is 21.7. The van der Waals surface area contributed by atoms with Crippen molar-refractivity contribution >= 4 is 17.4 Å². The zero-order valence-electron chi connectivity index (χ0n) is 18.0. The van der Waals surface area contributed by atoms with Crippen LogP contribution < -0.4 is 15.8 Å². The number of aryl methyl sites for hydroxylation is 2. The van der Waals surface area contributed by atoms with Gasteiger partial charge in [-0.25, -0.2) is 4.98 Å². The van der Waals surface area contributed by atoms with E-state index < -0.39 is 0 Å². The van der Waals surface area contributed by atoms with Crippen LogP contribution in [0.25, 0.3) is 0 Å². The average Bonchev–Trinajstić information content (AvgIpc) is 2.74. The Bertz CT molecular complexity index is 1010. The van der Waals surface area contributed by atoms with Crippen LogP contribution in [0.3, 0.4) is 0 Å².